The molecule has 0 radical (unpaired) electrons. The summed E-state index contributed by atoms with van der Waals surface area (Å²) in [5, 5.41) is 8.94. The predicted octanol–water partition coefficient (Wildman–Crippen LogP) is 4.06. The predicted molar refractivity (Wildman–Crippen MR) is 90.2 cm³/mol. The van der Waals surface area contributed by atoms with Crippen molar-refractivity contribution < 1.29 is 9.90 Å². The normalized spacial score (nSPS) is 26.8. The lowest BCUT2D eigenvalue weighted by atomic mass is 9.79. The zero-order chi connectivity index (χ0) is 15.8. The Morgan fingerprint density at radius 2 is 1.68 bits per heavy atom. The first kappa shape index (κ1) is 17.6. The SMILES string of the molecule is CN(CC1CCC(CCCCN2CCCCC2)CC1)C(=O)O. The van der Waals surface area contributed by atoms with Gasteiger partial charge in [0.15, 0.2) is 0 Å². The van der Waals surface area contributed by atoms with Crippen LogP contribution in [0.5, 0.6) is 0 Å². The fourth-order valence-corrected chi connectivity index (χ4v) is 4.12. The summed E-state index contributed by atoms with van der Waals surface area (Å²) in [4.78, 5) is 15.0. The minimum atomic E-state index is -0.792. The maximum atomic E-state index is 10.9. The molecule has 4 heteroatoms. The van der Waals surface area contributed by atoms with Crippen LogP contribution in [0.1, 0.15) is 64.2 Å². The highest BCUT2D eigenvalue weighted by Crippen LogP contribution is 2.32. The maximum Gasteiger partial charge on any atom is 0.407 e. The molecule has 0 bridgehead atoms. The summed E-state index contributed by atoms with van der Waals surface area (Å²) < 4.78 is 0. The number of hydrogen-bond donors (Lipinski definition) is 1. The van der Waals surface area contributed by atoms with Crippen LogP contribution >= 0.6 is 0 Å². The molecule has 1 aliphatic heterocycles. The molecule has 2 aliphatic rings. The van der Waals surface area contributed by atoms with Crippen LogP contribution in [-0.2, 0) is 0 Å². The van der Waals surface area contributed by atoms with E-state index in [0.717, 1.165) is 12.5 Å². The average molecular weight is 310 g/mol. The molecule has 0 unspecified atom stereocenters. The van der Waals surface area contributed by atoms with Gasteiger partial charge in [0.25, 0.3) is 0 Å². The number of likely N-dealkylation sites (tertiary alicyclic amines) is 1. The van der Waals surface area contributed by atoms with E-state index in [2.05, 4.69) is 4.90 Å². The van der Waals surface area contributed by atoms with Crippen molar-refractivity contribution in [1.82, 2.24) is 9.80 Å². The zero-order valence-corrected chi connectivity index (χ0v) is 14.3. The van der Waals surface area contributed by atoms with Gasteiger partial charge in [0.1, 0.15) is 0 Å². The van der Waals surface area contributed by atoms with Crippen molar-refractivity contribution in [1.29, 1.82) is 0 Å². The molecule has 0 aromatic carbocycles. The molecule has 1 heterocycles. The second-order valence-corrected chi connectivity index (χ2v) is 7.45. The Kier molecular flexibility index (Phi) is 7.50. The van der Waals surface area contributed by atoms with Crippen molar-refractivity contribution in [2.24, 2.45) is 11.8 Å². The van der Waals surface area contributed by atoms with Gasteiger partial charge < -0.3 is 14.9 Å². The van der Waals surface area contributed by atoms with Crippen molar-refractivity contribution in [2.75, 3.05) is 33.2 Å². The second-order valence-electron chi connectivity index (χ2n) is 7.45. The molecule has 0 atom stereocenters. The van der Waals surface area contributed by atoms with Crippen molar-refractivity contribution in [3.8, 4) is 0 Å². The number of hydrogen-bond acceptors (Lipinski definition) is 2. The van der Waals surface area contributed by atoms with Crippen LogP contribution in [0.4, 0.5) is 4.79 Å². The first-order valence-electron chi connectivity index (χ1n) is 9.31. The summed E-state index contributed by atoms with van der Waals surface area (Å²) in [5.74, 6) is 1.48. The van der Waals surface area contributed by atoms with E-state index >= 15 is 0 Å². The van der Waals surface area contributed by atoms with Gasteiger partial charge in [0, 0.05) is 13.6 Å². The Hall–Kier alpha value is -0.770. The van der Waals surface area contributed by atoms with Crippen molar-refractivity contribution in [3.63, 3.8) is 0 Å². The number of piperidine rings is 1. The highest BCUT2D eigenvalue weighted by Gasteiger charge is 2.23. The third kappa shape index (κ3) is 6.15. The Morgan fingerprint density at radius 1 is 1.05 bits per heavy atom. The van der Waals surface area contributed by atoms with E-state index in [1.165, 1.54) is 88.7 Å². The fourth-order valence-electron chi connectivity index (χ4n) is 4.12. The molecule has 22 heavy (non-hydrogen) atoms. The van der Waals surface area contributed by atoms with Crippen LogP contribution in [0.2, 0.25) is 0 Å². The number of amides is 1. The van der Waals surface area contributed by atoms with Crippen LogP contribution in [-0.4, -0.2) is 54.2 Å². The first-order chi connectivity index (χ1) is 10.6. The summed E-state index contributed by atoms with van der Waals surface area (Å²) >= 11 is 0. The standard InChI is InChI=1S/C18H34N2O2/c1-19(18(21)22)15-17-10-8-16(9-11-17)7-3-6-14-20-12-4-2-5-13-20/h16-17H,2-15H2,1H3,(H,21,22). The number of rotatable bonds is 7. The summed E-state index contributed by atoms with van der Waals surface area (Å²) in [6.07, 6.45) is 12.6. The Balaban J connectivity index is 1.51. The lowest BCUT2D eigenvalue weighted by Gasteiger charge is -2.31. The van der Waals surface area contributed by atoms with Gasteiger partial charge in [-0.15, -0.1) is 0 Å². The van der Waals surface area contributed by atoms with Crippen LogP contribution < -0.4 is 0 Å². The zero-order valence-electron chi connectivity index (χ0n) is 14.3. The molecule has 1 amide bonds. The fraction of sp³-hybridized carbons (Fsp3) is 0.944. The highest BCUT2D eigenvalue weighted by atomic mass is 16.4. The maximum absolute atomic E-state index is 10.9. The van der Waals surface area contributed by atoms with E-state index < -0.39 is 6.09 Å². The molecule has 2 fully saturated rings. The quantitative estimate of drug-likeness (QED) is 0.721. The van der Waals surface area contributed by atoms with Gasteiger partial charge in [-0.3, -0.25) is 0 Å². The number of carbonyl (C=O) groups is 1. The largest absolute Gasteiger partial charge is 0.465 e. The second kappa shape index (κ2) is 9.39. The molecule has 0 aromatic rings. The summed E-state index contributed by atoms with van der Waals surface area (Å²) in [6, 6.07) is 0. The van der Waals surface area contributed by atoms with Crippen LogP contribution in [0, 0.1) is 11.8 Å². The Labute approximate surface area is 135 Å². The summed E-state index contributed by atoms with van der Waals surface area (Å²) in [5.41, 5.74) is 0. The van der Waals surface area contributed by atoms with E-state index in [9.17, 15) is 4.79 Å². The molecule has 0 spiro atoms. The van der Waals surface area contributed by atoms with Gasteiger partial charge in [-0.1, -0.05) is 32.1 Å². The smallest absolute Gasteiger partial charge is 0.407 e. The molecule has 2 rings (SSSR count). The third-order valence-corrected chi connectivity index (χ3v) is 5.61. The lowest BCUT2D eigenvalue weighted by Crippen LogP contribution is -2.32. The topological polar surface area (TPSA) is 43.8 Å². The van der Waals surface area contributed by atoms with Crippen molar-refractivity contribution >= 4 is 6.09 Å². The molecule has 128 valence electrons. The highest BCUT2D eigenvalue weighted by molar-refractivity contribution is 5.64. The van der Waals surface area contributed by atoms with E-state index in [-0.39, 0.29) is 0 Å². The molecule has 1 saturated heterocycles. The molecular formula is C18H34N2O2. The van der Waals surface area contributed by atoms with E-state index in [1.54, 1.807) is 7.05 Å². The molecule has 1 N–H and O–H groups in total. The minimum absolute atomic E-state index is 0.589. The summed E-state index contributed by atoms with van der Waals surface area (Å²) in [7, 11) is 1.69. The first-order valence-corrected chi connectivity index (χ1v) is 9.31. The van der Waals surface area contributed by atoms with Crippen LogP contribution in [0.15, 0.2) is 0 Å². The van der Waals surface area contributed by atoms with Crippen LogP contribution in [0.3, 0.4) is 0 Å². The monoisotopic (exact) mass is 310 g/mol. The van der Waals surface area contributed by atoms with Gasteiger partial charge in [-0.25, -0.2) is 4.79 Å². The van der Waals surface area contributed by atoms with Crippen molar-refractivity contribution in [2.45, 2.75) is 64.2 Å². The molecule has 1 aliphatic carbocycles. The van der Waals surface area contributed by atoms with Crippen molar-refractivity contribution in [3.05, 3.63) is 0 Å². The van der Waals surface area contributed by atoms with Gasteiger partial charge in [-0.2, -0.15) is 0 Å². The molecule has 0 aromatic heterocycles. The van der Waals surface area contributed by atoms with E-state index in [4.69, 9.17) is 5.11 Å². The third-order valence-electron chi connectivity index (χ3n) is 5.61. The summed E-state index contributed by atoms with van der Waals surface area (Å²) in [6.45, 7) is 4.67. The minimum Gasteiger partial charge on any atom is -0.465 e. The molecule has 4 nitrogen and oxygen atoms in total. The van der Waals surface area contributed by atoms with Gasteiger partial charge in [-0.05, 0) is 63.6 Å². The molecule has 1 saturated carbocycles. The lowest BCUT2D eigenvalue weighted by molar-refractivity contribution is 0.138. The number of carboxylic acid groups (broad SMARTS) is 1. The van der Waals surface area contributed by atoms with Gasteiger partial charge in [0.05, 0.1) is 0 Å². The van der Waals surface area contributed by atoms with E-state index in [1.807, 2.05) is 0 Å². The van der Waals surface area contributed by atoms with Gasteiger partial charge >= 0.3 is 6.09 Å². The van der Waals surface area contributed by atoms with Gasteiger partial charge in [0.2, 0.25) is 0 Å². The Morgan fingerprint density at radius 3 is 2.32 bits per heavy atom. The number of nitrogens with zero attached hydrogens (tertiary/aromatic N) is 2. The average Bonchev–Trinajstić information content (AvgIpc) is 2.54. The molecular weight excluding hydrogens is 276 g/mol. The van der Waals surface area contributed by atoms with Crippen LogP contribution in [0.25, 0.3) is 0 Å². The Bertz CT molecular complexity index is 321. The number of unbranched alkanes of at least 4 members (excludes halogenated alkanes) is 1. The van der Waals surface area contributed by atoms with E-state index in [0.29, 0.717) is 5.92 Å².